The van der Waals surface area contributed by atoms with Gasteiger partial charge in [0.15, 0.2) is 5.75 Å². The van der Waals surface area contributed by atoms with E-state index in [4.69, 9.17) is 4.74 Å². The third-order valence-electron chi connectivity index (χ3n) is 5.16. The minimum absolute atomic E-state index is 0.0641. The Kier molecular flexibility index (Phi) is 9.89. The first-order valence-electron chi connectivity index (χ1n) is 11.3. The van der Waals surface area contributed by atoms with Gasteiger partial charge in [-0.25, -0.2) is 0 Å². The predicted octanol–water partition coefficient (Wildman–Crippen LogP) is 4.35. The fourth-order valence-electron chi connectivity index (χ4n) is 3.48. The van der Waals surface area contributed by atoms with Crippen molar-refractivity contribution in [3.63, 3.8) is 0 Å². The van der Waals surface area contributed by atoms with Crippen LogP contribution in [-0.2, 0) is 6.54 Å². The number of nitrogens with zero attached hydrogens (tertiary/aromatic N) is 2. The van der Waals surface area contributed by atoms with E-state index in [1.165, 1.54) is 11.6 Å². The minimum Gasteiger partial charge on any atom is -0.490 e. The molecular weight excluding hydrogens is 434 g/mol. The molecule has 3 aromatic carbocycles. The van der Waals surface area contributed by atoms with Crippen molar-refractivity contribution in [3.05, 3.63) is 106 Å². The largest absolute Gasteiger partial charge is 0.490 e. The van der Waals surface area contributed by atoms with E-state index in [9.17, 15) is 14.9 Å². The van der Waals surface area contributed by atoms with E-state index in [1.807, 2.05) is 36.4 Å². The van der Waals surface area contributed by atoms with E-state index in [1.54, 1.807) is 30.3 Å². The lowest BCUT2D eigenvalue weighted by atomic mass is 10.2. The van der Waals surface area contributed by atoms with Crippen molar-refractivity contribution in [3.8, 4) is 11.5 Å². The fourth-order valence-corrected chi connectivity index (χ4v) is 3.48. The molecule has 0 spiro atoms. The van der Waals surface area contributed by atoms with Gasteiger partial charge in [0.25, 0.3) is 11.0 Å². The van der Waals surface area contributed by atoms with Crippen LogP contribution in [0.15, 0.2) is 84.9 Å². The van der Waals surface area contributed by atoms with Crippen molar-refractivity contribution in [2.24, 2.45) is 0 Å². The number of benzene rings is 3. The summed E-state index contributed by atoms with van der Waals surface area (Å²) < 4.78 is 5.79. The van der Waals surface area contributed by atoms with Gasteiger partial charge in [0.2, 0.25) is 0 Å². The lowest BCUT2D eigenvalue weighted by Crippen LogP contribution is -2.30. The maximum Gasteiger partial charge on any atom is 0.299 e. The Labute approximate surface area is 199 Å². The Balaban J connectivity index is 1.47. The number of ether oxygens (including phenoxy) is 1. The van der Waals surface area contributed by atoms with Crippen LogP contribution in [0.5, 0.6) is 11.5 Å². The van der Waals surface area contributed by atoms with Gasteiger partial charge in [-0.2, -0.15) is 0 Å². The maximum absolute atomic E-state index is 12.2. The Morgan fingerprint density at radius 2 is 1.50 bits per heavy atom. The zero-order valence-electron chi connectivity index (χ0n) is 19.0. The molecule has 3 rings (SSSR count). The SMILES string of the molecule is O=C(NCCCCN(CCOc1ccccc1O[N+](=O)[O-])Cc1ccccc1)c1ccccc1. The van der Waals surface area contributed by atoms with Crippen LogP contribution in [0.3, 0.4) is 0 Å². The number of carbonyl (C=O) groups is 1. The molecule has 0 aliphatic heterocycles. The first-order valence-corrected chi connectivity index (χ1v) is 11.3. The van der Waals surface area contributed by atoms with Gasteiger partial charge < -0.3 is 10.1 Å². The first kappa shape index (κ1) is 24.7. The molecule has 1 amide bonds. The molecule has 1 N–H and O–H groups in total. The van der Waals surface area contributed by atoms with Crippen LogP contribution in [0, 0.1) is 10.1 Å². The molecule has 0 heterocycles. The smallest absolute Gasteiger partial charge is 0.299 e. The molecule has 0 fully saturated rings. The summed E-state index contributed by atoms with van der Waals surface area (Å²) in [4.78, 5) is 29.7. The highest BCUT2D eigenvalue weighted by Crippen LogP contribution is 2.26. The van der Waals surface area contributed by atoms with Gasteiger partial charge in [-0.15, -0.1) is 10.1 Å². The lowest BCUT2D eigenvalue weighted by molar-refractivity contribution is -0.711. The Bertz CT molecular complexity index is 1030. The van der Waals surface area contributed by atoms with Gasteiger partial charge in [-0.3, -0.25) is 14.5 Å². The van der Waals surface area contributed by atoms with Crippen LogP contribution in [0.4, 0.5) is 0 Å². The monoisotopic (exact) mass is 463 g/mol. The lowest BCUT2D eigenvalue weighted by Gasteiger charge is -2.23. The number of hydrogen-bond donors (Lipinski definition) is 1. The molecule has 34 heavy (non-hydrogen) atoms. The van der Waals surface area contributed by atoms with E-state index in [0.29, 0.717) is 31.0 Å². The highest BCUT2D eigenvalue weighted by Gasteiger charge is 2.10. The van der Waals surface area contributed by atoms with Crippen molar-refractivity contribution in [1.82, 2.24) is 10.2 Å². The Hall–Kier alpha value is -3.91. The van der Waals surface area contributed by atoms with Gasteiger partial charge in [-0.1, -0.05) is 60.7 Å². The molecule has 8 heteroatoms. The van der Waals surface area contributed by atoms with Crippen LogP contribution in [-0.4, -0.2) is 42.1 Å². The number of rotatable bonds is 14. The summed E-state index contributed by atoms with van der Waals surface area (Å²) in [5.41, 5.74) is 1.85. The van der Waals surface area contributed by atoms with Gasteiger partial charge in [0.1, 0.15) is 12.4 Å². The summed E-state index contributed by atoms with van der Waals surface area (Å²) in [6.07, 6.45) is 1.76. The van der Waals surface area contributed by atoms with Crippen LogP contribution < -0.4 is 14.9 Å². The highest BCUT2D eigenvalue weighted by atomic mass is 17.0. The van der Waals surface area contributed by atoms with E-state index < -0.39 is 5.09 Å². The number of amides is 1. The van der Waals surface area contributed by atoms with E-state index in [0.717, 1.165) is 25.9 Å². The third-order valence-corrected chi connectivity index (χ3v) is 5.16. The van der Waals surface area contributed by atoms with Gasteiger partial charge >= 0.3 is 0 Å². The van der Waals surface area contributed by atoms with Gasteiger partial charge in [-0.05, 0) is 49.2 Å². The second kappa shape index (κ2) is 13.6. The zero-order chi connectivity index (χ0) is 24.0. The molecule has 8 nitrogen and oxygen atoms in total. The quantitative estimate of drug-likeness (QED) is 0.217. The number of carbonyl (C=O) groups excluding carboxylic acids is 1. The van der Waals surface area contributed by atoms with Gasteiger partial charge in [0.05, 0.1) is 0 Å². The second-order valence-electron chi connectivity index (χ2n) is 7.70. The molecule has 0 aliphatic carbocycles. The molecule has 0 atom stereocenters. The predicted molar refractivity (Wildman–Crippen MR) is 129 cm³/mol. The average Bonchev–Trinajstić information content (AvgIpc) is 2.85. The number of para-hydroxylation sites is 2. The highest BCUT2D eigenvalue weighted by molar-refractivity contribution is 5.94. The summed E-state index contributed by atoms with van der Waals surface area (Å²) >= 11 is 0. The third kappa shape index (κ3) is 8.55. The van der Waals surface area contributed by atoms with E-state index in [2.05, 4.69) is 27.2 Å². The molecule has 0 aromatic heterocycles. The topological polar surface area (TPSA) is 93.9 Å². The van der Waals surface area contributed by atoms with Crippen LogP contribution >= 0.6 is 0 Å². The fraction of sp³-hybridized carbons (Fsp3) is 0.269. The zero-order valence-corrected chi connectivity index (χ0v) is 19.0. The first-order chi connectivity index (χ1) is 16.6. The van der Waals surface area contributed by atoms with Gasteiger partial charge in [0, 0.05) is 25.2 Å². The molecule has 3 aromatic rings. The summed E-state index contributed by atoms with van der Waals surface area (Å²) in [7, 11) is 0. The molecule has 0 radical (unpaired) electrons. The molecule has 0 unspecified atom stereocenters. The average molecular weight is 464 g/mol. The van der Waals surface area contributed by atoms with Crippen LogP contribution in [0.25, 0.3) is 0 Å². The van der Waals surface area contributed by atoms with Crippen molar-refractivity contribution in [2.75, 3.05) is 26.2 Å². The minimum atomic E-state index is -0.847. The van der Waals surface area contributed by atoms with E-state index >= 15 is 0 Å². The van der Waals surface area contributed by atoms with Crippen molar-refractivity contribution >= 4 is 5.91 Å². The molecule has 0 aliphatic rings. The van der Waals surface area contributed by atoms with Crippen molar-refractivity contribution < 1.29 is 19.5 Å². The van der Waals surface area contributed by atoms with Crippen molar-refractivity contribution in [2.45, 2.75) is 19.4 Å². The summed E-state index contributed by atoms with van der Waals surface area (Å²) in [6, 6.07) is 25.9. The second-order valence-corrected chi connectivity index (χ2v) is 7.70. The van der Waals surface area contributed by atoms with Crippen molar-refractivity contribution in [1.29, 1.82) is 0 Å². The summed E-state index contributed by atoms with van der Waals surface area (Å²) in [5, 5.41) is 12.8. The Morgan fingerprint density at radius 1 is 0.853 bits per heavy atom. The van der Waals surface area contributed by atoms with Crippen LogP contribution in [0.2, 0.25) is 0 Å². The summed E-state index contributed by atoms with van der Waals surface area (Å²) in [5.74, 6) is 0.351. The number of nitrogens with one attached hydrogen (secondary N) is 1. The normalized spacial score (nSPS) is 10.6. The maximum atomic E-state index is 12.2. The molecule has 0 bridgehead atoms. The molecular formula is C26H29N3O5. The molecule has 0 saturated heterocycles. The number of unbranched alkanes of at least 4 members (excludes halogenated alkanes) is 1. The van der Waals surface area contributed by atoms with E-state index in [-0.39, 0.29) is 11.7 Å². The number of hydrogen-bond acceptors (Lipinski definition) is 6. The standard InChI is InChI=1S/C26H29N3O5/c30-26(23-13-5-2-6-14-23)27-17-9-10-18-28(21-22-11-3-1-4-12-22)19-20-33-24-15-7-8-16-25(24)34-29(31)32/h1-8,11-16H,9-10,17-21H2,(H,27,30). The van der Waals surface area contributed by atoms with Crippen LogP contribution in [0.1, 0.15) is 28.8 Å². The molecule has 178 valence electrons. The molecule has 0 saturated carbocycles. The Morgan fingerprint density at radius 3 is 2.21 bits per heavy atom. The summed E-state index contributed by atoms with van der Waals surface area (Å²) in [6.45, 7) is 3.18.